The quantitative estimate of drug-likeness (QED) is 0.619. The van der Waals surface area contributed by atoms with Crippen molar-refractivity contribution in [2.45, 2.75) is 57.5 Å². The van der Waals surface area contributed by atoms with Gasteiger partial charge in [0.15, 0.2) is 0 Å². The summed E-state index contributed by atoms with van der Waals surface area (Å²) in [7, 11) is -3.80. The molecule has 1 amide bonds. The molecule has 0 bridgehead atoms. The Morgan fingerprint density at radius 2 is 1.83 bits per heavy atom. The van der Waals surface area contributed by atoms with Crippen molar-refractivity contribution in [3.63, 3.8) is 0 Å². The van der Waals surface area contributed by atoms with E-state index in [-0.39, 0.29) is 35.4 Å². The Balaban J connectivity index is 1.71. The number of carbonyl (C=O) groups excluding carboxylic acids is 1. The van der Waals surface area contributed by atoms with Gasteiger partial charge in [-0.3, -0.25) is 4.79 Å². The highest BCUT2D eigenvalue weighted by atomic mass is 32.2. The number of halogens is 3. The van der Waals surface area contributed by atoms with E-state index in [1.54, 1.807) is 25.1 Å². The van der Waals surface area contributed by atoms with E-state index in [2.05, 4.69) is 4.72 Å². The van der Waals surface area contributed by atoms with E-state index in [0.717, 1.165) is 0 Å². The number of amides is 1. The van der Waals surface area contributed by atoms with Crippen molar-refractivity contribution in [1.82, 2.24) is 9.62 Å². The molecule has 0 aliphatic carbocycles. The van der Waals surface area contributed by atoms with Crippen LogP contribution >= 0.6 is 0 Å². The number of likely N-dealkylation sites (tertiary alicyclic amines) is 1. The summed E-state index contributed by atoms with van der Waals surface area (Å²) in [4.78, 5) is 14.4. The van der Waals surface area contributed by atoms with Crippen LogP contribution in [0.1, 0.15) is 30.9 Å². The zero-order valence-corrected chi connectivity index (χ0v) is 20.5. The van der Waals surface area contributed by atoms with Crippen molar-refractivity contribution in [2.75, 3.05) is 18.9 Å². The minimum Gasteiger partial charge on any atom is -0.368 e. The summed E-state index contributed by atoms with van der Waals surface area (Å²) in [6.07, 6.45) is -1.38. The van der Waals surface area contributed by atoms with Crippen LogP contribution in [0.15, 0.2) is 36.4 Å². The third-order valence-corrected chi connectivity index (χ3v) is 8.14. The highest BCUT2D eigenvalue weighted by Crippen LogP contribution is 2.32. The summed E-state index contributed by atoms with van der Waals surface area (Å²) in [5, 5.41) is 0. The number of alkyl halides is 1. The molecular weight excluding hydrogens is 481 g/mol. The van der Waals surface area contributed by atoms with Crippen LogP contribution in [-0.2, 0) is 26.0 Å². The van der Waals surface area contributed by atoms with Crippen LogP contribution in [0.25, 0.3) is 11.1 Å². The molecule has 1 N–H and O–H groups in total. The number of carbonyl (C=O) groups is 1. The lowest BCUT2D eigenvalue weighted by Gasteiger charge is -2.30. The van der Waals surface area contributed by atoms with Gasteiger partial charge < -0.3 is 9.64 Å². The number of sulfonamides is 1. The highest BCUT2D eigenvalue weighted by molar-refractivity contribution is 7.89. The molecule has 2 aliphatic heterocycles. The number of nitrogens with zero attached hydrogens (tertiary/aromatic N) is 1. The second kappa shape index (κ2) is 10.3. The van der Waals surface area contributed by atoms with Crippen molar-refractivity contribution < 1.29 is 31.1 Å². The SMILES string of the molecule is CCS(=O)(=O)N[C@H]1[C@H](F)CN(C(=O)[C@H]2CCCO2)[C@@H]1Cc1cccc(-c2cccc(C)c2F)c1F. The number of nitrogens with one attached hydrogen (secondary N) is 1. The molecule has 2 fully saturated rings. The molecule has 4 rings (SSSR count). The van der Waals surface area contributed by atoms with Crippen molar-refractivity contribution in [3.05, 3.63) is 59.2 Å². The van der Waals surface area contributed by atoms with Gasteiger partial charge in [-0.25, -0.2) is 26.3 Å². The zero-order chi connectivity index (χ0) is 25.3. The normalized spacial score (nSPS) is 24.8. The lowest BCUT2D eigenvalue weighted by molar-refractivity contribution is -0.142. The summed E-state index contributed by atoms with van der Waals surface area (Å²) in [5.41, 5.74) is 0.634. The third-order valence-electron chi connectivity index (χ3n) is 6.75. The Labute approximate surface area is 203 Å². The van der Waals surface area contributed by atoms with Crippen LogP contribution in [0, 0.1) is 18.6 Å². The van der Waals surface area contributed by atoms with E-state index < -0.39 is 51.9 Å². The maximum atomic E-state index is 15.7. The van der Waals surface area contributed by atoms with Gasteiger partial charge in [0.05, 0.1) is 24.4 Å². The lowest BCUT2D eigenvalue weighted by Crippen LogP contribution is -2.51. The zero-order valence-electron chi connectivity index (χ0n) is 19.6. The number of aryl methyl sites for hydroxylation is 1. The molecule has 2 heterocycles. The second-order valence-corrected chi connectivity index (χ2v) is 11.1. The fraction of sp³-hybridized carbons (Fsp3) is 0.480. The number of ether oxygens (including phenoxy) is 1. The summed E-state index contributed by atoms with van der Waals surface area (Å²) < 4.78 is 77.9. The smallest absolute Gasteiger partial charge is 0.252 e. The topological polar surface area (TPSA) is 75.7 Å². The van der Waals surface area contributed by atoms with Gasteiger partial charge in [0, 0.05) is 17.7 Å². The molecule has 2 aromatic carbocycles. The molecule has 4 atom stereocenters. The van der Waals surface area contributed by atoms with E-state index in [1.807, 2.05) is 0 Å². The van der Waals surface area contributed by atoms with Crippen molar-refractivity contribution in [2.24, 2.45) is 0 Å². The second-order valence-electron chi connectivity index (χ2n) is 9.04. The average Bonchev–Trinajstić information content (AvgIpc) is 3.46. The van der Waals surface area contributed by atoms with Crippen LogP contribution in [0.3, 0.4) is 0 Å². The van der Waals surface area contributed by atoms with Gasteiger partial charge in [0.25, 0.3) is 5.91 Å². The molecule has 0 unspecified atom stereocenters. The minimum absolute atomic E-state index is 0.0428. The van der Waals surface area contributed by atoms with E-state index in [9.17, 15) is 17.6 Å². The van der Waals surface area contributed by atoms with Gasteiger partial charge in [0.1, 0.15) is 23.9 Å². The first-order valence-electron chi connectivity index (χ1n) is 11.7. The van der Waals surface area contributed by atoms with Crippen LogP contribution in [-0.4, -0.2) is 62.5 Å². The Bertz CT molecular complexity index is 1200. The number of hydrogen-bond acceptors (Lipinski definition) is 4. The molecular formula is C25H29F3N2O4S. The Morgan fingerprint density at radius 1 is 1.14 bits per heavy atom. The highest BCUT2D eigenvalue weighted by Gasteiger charge is 2.47. The first-order chi connectivity index (χ1) is 16.6. The van der Waals surface area contributed by atoms with E-state index in [1.165, 1.54) is 30.0 Å². The standard InChI is InChI=1S/C25H29F3N2O4S/c1-3-35(32,33)29-24-19(26)14-30(25(31)21-11-6-12-34-21)20(24)13-16-8-5-10-18(23(16)28)17-9-4-7-15(2)22(17)27/h4-5,7-10,19-21,24,29H,3,6,11-14H2,1-2H3/t19-,20-,21-,24+/m1/s1. The van der Waals surface area contributed by atoms with E-state index >= 15 is 8.78 Å². The van der Waals surface area contributed by atoms with Gasteiger partial charge in [-0.05, 0) is 44.2 Å². The largest absolute Gasteiger partial charge is 0.368 e. The van der Waals surface area contributed by atoms with Crippen molar-refractivity contribution in [1.29, 1.82) is 0 Å². The molecule has 10 heteroatoms. The summed E-state index contributed by atoms with van der Waals surface area (Å²) in [6.45, 7) is 3.10. The Hall–Kier alpha value is -2.43. The Kier molecular flexibility index (Phi) is 7.54. The van der Waals surface area contributed by atoms with Crippen LogP contribution in [0.5, 0.6) is 0 Å². The molecule has 0 aromatic heterocycles. The number of rotatable bonds is 7. The third kappa shape index (κ3) is 5.24. The maximum Gasteiger partial charge on any atom is 0.252 e. The first kappa shape index (κ1) is 25.7. The van der Waals surface area contributed by atoms with Gasteiger partial charge in [-0.15, -0.1) is 0 Å². The fourth-order valence-corrected chi connectivity index (χ4v) is 5.68. The molecule has 0 saturated carbocycles. The van der Waals surface area contributed by atoms with Gasteiger partial charge in [-0.1, -0.05) is 36.4 Å². The van der Waals surface area contributed by atoms with Gasteiger partial charge in [0.2, 0.25) is 10.0 Å². The van der Waals surface area contributed by atoms with Crippen LogP contribution in [0.2, 0.25) is 0 Å². The summed E-state index contributed by atoms with van der Waals surface area (Å²) in [6, 6.07) is 6.97. The van der Waals surface area contributed by atoms with Crippen molar-refractivity contribution >= 4 is 15.9 Å². The molecule has 0 radical (unpaired) electrons. The van der Waals surface area contributed by atoms with Crippen molar-refractivity contribution in [3.8, 4) is 11.1 Å². The molecule has 0 spiro atoms. The molecule has 6 nitrogen and oxygen atoms in total. The maximum absolute atomic E-state index is 15.7. The predicted molar refractivity (Wildman–Crippen MR) is 126 cm³/mol. The van der Waals surface area contributed by atoms with Crippen LogP contribution < -0.4 is 4.72 Å². The monoisotopic (exact) mass is 510 g/mol. The van der Waals surface area contributed by atoms with E-state index in [0.29, 0.717) is 25.0 Å². The van der Waals surface area contributed by atoms with Gasteiger partial charge in [-0.2, -0.15) is 0 Å². The molecule has 190 valence electrons. The minimum atomic E-state index is -3.80. The molecule has 2 aromatic rings. The summed E-state index contributed by atoms with van der Waals surface area (Å²) in [5.74, 6) is -1.94. The molecule has 35 heavy (non-hydrogen) atoms. The average molecular weight is 511 g/mol. The molecule has 2 saturated heterocycles. The predicted octanol–water partition coefficient (Wildman–Crippen LogP) is 3.52. The van der Waals surface area contributed by atoms with Gasteiger partial charge >= 0.3 is 0 Å². The first-order valence-corrected chi connectivity index (χ1v) is 13.4. The van der Waals surface area contributed by atoms with E-state index in [4.69, 9.17) is 4.74 Å². The fourth-order valence-electron chi connectivity index (χ4n) is 4.79. The van der Waals surface area contributed by atoms with Crippen LogP contribution in [0.4, 0.5) is 13.2 Å². The molecule has 2 aliphatic rings. The number of hydrogen-bond donors (Lipinski definition) is 1. The number of benzene rings is 2. The summed E-state index contributed by atoms with van der Waals surface area (Å²) >= 11 is 0. The lowest BCUT2D eigenvalue weighted by atomic mass is 9.94. The Morgan fingerprint density at radius 3 is 2.49 bits per heavy atom.